The second-order valence-electron chi connectivity index (χ2n) is 3.09. The summed E-state index contributed by atoms with van der Waals surface area (Å²) in [5.41, 5.74) is 0. The summed E-state index contributed by atoms with van der Waals surface area (Å²) >= 11 is 0. The van der Waals surface area contributed by atoms with Crippen LogP contribution in [0.3, 0.4) is 0 Å². The Labute approximate surface area is 65.2 Å². The summed E-state index contributed by atoms with van der Waals surface area (Å²) in [6.07, 6.45) is 3.28. The molecule has 0 rings (SSSR count). The minimum Gasteiger partial charge on any atom is -0.251 e. The van der Waals surface area contributed by atoms with Crippen molar-refractivity contribution < 1.29 is 5.76 Å². The fraction of sp³-hybridized carbons (Fsp3) is 1.00. The molecular weight excluding hydrogens is 127 g/mol. The van der Waals surface area contributed by atoms with E-state index in [2.05, 4.69) is 13.8 Å². The number of rotatable bonds is 6. The fourth-order valence-corrected chi connectivity index (χ4v) is 0.817. The molecule has 10 heavy (non-hydrogen) atoms. The van der Waals surface area contributed by atoms with Crippen LogP contribution in [-0.2, 0) is 0 Å². The summed E-state index contributed by atoms with van der Waals surface area (Å²) in [5.74, 6) is 0.674. The highest BCUT2D eigenvalue weighted by molar-refractivity contribution is 4.47. The summed E-state index contributed by atoms with van der Waals surface area (Å²) in [4.78, 5) is 0. The summed E-state index contributed by atoms with van der Waals surface area (Å²) in [6.45, 7) is 4.04. The van der Waals surface area contributed by atoms with Crippen LogP contribution in [0.2, 0.25) is 0 Å². The van der Waals surface area contributed by atoms with E-state index in [0.717, 1.165) is 19.3 Å². The Morgan fingerprint density at radius 2 is 2.00 bits per heavy atom. The first-order chi connectivity index (χ1) is 5.16. The average molecular weight is 148 g/mol. The molecule has 0 saturated carbocycles. The van der Waals surface area contributed by atoms with Crippen molar-refractivity contribution in [2.45, 2.75) is 45.9 Å². The third kappa shape index (κ3) is 7.93. The maximum Gasteiger partial charge on any atom is 0.0894 e. The summed E-state index contributed by atoms with van der Waals surface area (Å²) in [5, 5.41) is 0. The molecule has 1 unspecified atom stereocenters. The van der Waals surface area contributed by atoms with Crippen molar-refractivity contribution in [1.82, 2.24) is 0 Å². The van der Waals surface area contributed by atoms with Gasteiger partial charge in [0.05, 0.1) is 6.67 Å². The Morgan fingerprint density at radius 3 is 2.50 bits per heavy atom. The Bertz CT molecular complexity index is 83.6. The Morgan fingerprint density at radius 1 is 1.30 bits per heavy atom. The van der Waals surface area contributed by atoms with Crippen molar-refractivity contribution in [3.05, 3.63) is 0 Å². The van der Waals surface area contributed by atoms with E-state index in [9.17, 15) is 4.39 Å². The van der Waals surface area contributed by atoms with Crippen LogP contribution < -0.4 is 0 Å². The smallest absolute Gasteiger partial charge is 0.0894 e. The van der Waals surface area contributed by atoms with Crippen molar-refractivity contribution >= 4 is 0 Å². The zero-order valence-corrected chi connectivity index (χ0v) is 7.07. The monoisotopic (exact) mass is 148 g/mol. The second-order valence-corrected chi connectivity index (χ2v) is 3.09. The van der Waals surface area contributed by atoms with Gasteiger partial charge in [0.1, 0.15) is 0 Å². The molecule has 0 aliphatic heterocycles. The third-order valence-electron chi connectivity index (χ3n) is 1.49. The van der Waals surface area contributed by atoms with Crippen LogP contribution >= 0.6 is 0 Å². The van der Waals surface area contributed by atoms with Gasteiger partial charge < -0.3 is 0 Å². The summed E-state index contributed by atoms with van der Waals surface area (Å²) in [6, 6.07) is 0. The van der Waals surface area contributed by atoms with Crippen molar-refractivity contribution in [3.63, 3.8) is 0 Å². The lowest BCUT2D eigenvalue weighted by Crippen LogP contribution is -1.87. The molecule has 62 valence electrons. The van der Waals surface area contributed by atoms with Gasteiger partial charge in [0.2, 0.25) is 0 Å². The van der Waals surface area contributed by atoms with Crippen molar-refractivity contribution in [1.29, 1.82) is 0 Å². The zero-order valence-electron chi connectivity index (χ0n) is 8.07. The molecule has 1 atom stereocenters. The fourth-order valence-electron chi connectivity index (χ4n) is 0.817. The Balaban J connectivity index is 3.15. The molecule has 0 radical (unpaired) electrons. The van der Waals surface area contributed by atoms with Gasteiger partial charge in [0.15, 0.2) is 0 Å². The van der Waals surface area contributed by atoms with Gasteiger partial charge in [-0.25, -0.2) is 0 Å². The molecule has 0 fully saturated rings. The van der Waals surface area contributed by atoms with E-state index in [-0.39, 0.29) is 13.1 Å². The first-order valence-electron chi connectivity index (χ1n) is 4.72. The number of alkyl halides is 1. The van der Waals surface area contributed by atoms with Crippen LogP contribution in [-0.4, -0.2) is 6.67 Å². The van der Waals surface area contributed by atoms with E-state index in [1.807, 2.05) is 0 Å². The van der Waals surface area contributed by atoms with Crippen molar-refractivity contribution in [2.24, 2.45) is 5.92 Å². The molecule has 0 spiro atoms. The summed E-state index contributed by atoms with van der Waals surface area (Å²) < 4.78 is 19.2. The van der Waals surface area contributed by atoms with Gasteiger partial charge in [-0.1, -0.05) is 39.5 Å². The number of halogens is 1. The highest BCUT2D eigenvalue weighted by atomic mass is 19.1. The van der Waals surface area contributed by atoms with E-state index in [1.165, 1.54) is 0 Å². The van der Waals surface area contributed by atoms with Crippen LogP contribution in [0.25, 0.3) is 0 Å². The molecule has 0 aromatic rings. The third-order valence-corrected chi connectivity index (χ3v) is 1.49. The molecular formula is C9H19F. The predicted octanol–water partition coefficient (Wildman–Crippen LogP) is 3.56. The maximum atomic E-state index is 11.7. The number of hydrogen-bond donors (Lipinski definition) is 0. The predicted molar refractivity (Wildman–Crippen MR) is 43.9 cm³/mol. The topological polar surface area (TPSA) is 0 Å². The molecule has 0 aromatic carbocycles. The van der Waals surface area contributed by atoms with Gasteiger partial charge in [-0.15, -0.1) is 0 Å². The van der Waals surface area contributed by atoms with Gasteiger partial charge in [0.25, 0.3) is 0 Å². The molecule has 0 aliphatic rings. The Hall–Kier alpha value is -0.0700. The average Bonchev–Trinajstić information content (AvgIpc) is 1.97. The molecule has 0 aliphatic carbocycles. The standard InChI is InChI=1S/C9H19F/c1-9(2)7-5-3-4-6-8-10/h9H,3-8H2,1-2H3/i3T. The minimum atomic E-state index is -0.267. The molecule has 0 saturated heterocycles. The lowest BCUT2D eigenvalue weighted by molar-refractivity contribution is 0.443. The maximum absolute atomic E-state index is 11.7. The molecule has 0 nitrogen and oxygen atoms in total. The van der Waals surface area contributed by atoms with Crippen LogP contribution in [0.1, 0.15) is 47.3 Å². The molecule has 0 amide bonds. The largest absolute Gasteiger partial charge is 0.251 e. The number of hydrogen-bond acceptors (Lipinski definition) is 0. The van der Waals surface area contributed by atoms with Crippen LogP contribution in [0.4, 0.5) is 4.39 Å². The first kappa shape index (κ1) is 8.03. The van der Waals surface area contributed by atoms with Crippen LogP contribution in [0, 0.1) is 5.92 Å². The van der Waals surface area contributed by atoms with E-state index in [4.69, 9.17) is 1.37 Å². The normalized spacial score (nSPS) is 15.4. The quantitative estimate of drug-likeness (QED) is 0.540. The molecule has 0 N–H and O–H groups in total. The zero-order chi connectivity index (χ0) is 8.69. The molecule has 1 heteroatoms. The highest BCUT2D eigenvalue weighted by Crippen LogP contribution is 2.08. The molecule has 0 heterocycles. The van der Waals surface area contributed by atoms with Gasteiger partial charge in [0, 0.05) is 1.37 Å². The highest BCUT2D eigenvalue weighted by Gasteiger charge is 1.93. The van der Waals surface area contributed by atoms with Crippen molar-refractivity contribution in [2.75, 3.05) is 6.67 Å². The van der Waals surface area contributed by atoms with Crippen molar-refractivity contribution in [3.8, 4) is 0 Å². The second kappa shape index (κ2) is 7.04. The van der Waals surface area contributed by atoms with E-state index in [1.54, 1.807) is 0 Å². The van der Waals surface area contributed by atoms with Crippen LogP contribution in [0.15, 0.2) is 0 Å². The van der Waals surface area contributed by atoms with Crippen LogP contribution in [0.5, 0.6) is 0 Å². The molecule has 0 bridgehead atoms. The van der Waals surface area contributed by atoms with Gasteiger partial charge in [-0.05, 0) is 12.3 Å². The van der Waals surface area contributed by atoms with E-state index in [0.29, 0.717) is 12.3 Å². The summed E-state index contributed by atoms with van der Waals surface area (Å²) in [7, 11) is 0. The van der Waals surface area contributed by atoms with E-state index >= 15 is 0 Å². The Kier molecular flexibility index (Phi) is 5.66. The lowest BCUT2D eigenvalue weighted by atomic mass is 10.0. The minimum absolute atomic E-state index is 0.0341. The van der Waals surface area contributed by atoms with E-state index < -0.39 is 0 Å². The van der Waals surface area contributed by atoms with Gasteiger partial charge in [-0.3, -0.25) is 4.39 Å². The van der Waals surface area contributed by atoms with Gasteiger partial charge in [-0.2, -0.15) is 0 Å². The molecule has 0 aromatic heterocycles. The van der Waals surface area contributed by atoms with Gasteiger partial charge >= 0.3 is 0 Å². The lowest BCUT2D eigenvalue weighted by Gasteiger charge is -2.02. The first-order valence-corrected chi connectivity index (χ1v) is 4.15. The SMILES string of the molecule is [3H]C(CCCF)CCC(C)C.